The van der Waals surface area contributed by atoms with Crippen LogP contribution in [0.1, 0.15) is 29.0 Å². The Labute approximate surface area is 192 Å². The highest BCUT2D eigenvalue weighted by molar-refractivity contribution is 5.93. The average molecular weight is 453 g/mol. The van der Waals surface area contributed by atoms with Crippen molar-refractivity contribution in [2.24, 2.45) is 0 Å². The number of aryl methyl sites for hydroxylation is 1. The van der Waals surface area contributed by atoms with Gasteiger partial charge in [0.1, 0.15) is 17.5 Å². The Hall–Kier alpha value is -3.75. The summed E-state index contributed by atoms with van der Waals surface area (Å²) in [5.74, 6) is 2.22. The summed E-state index contributed by atoms with van der Waals surface area (Å²) in [5.41, 5.74) is 2.75. The lowest BCUT2D eigenvalue weighted by atomic mass is 10.1. The van der Waals surface area contributed by atoms with Gasteiger partial charge in [0.2, 0.25) is 5.75 Å². The molecule has 0 atom stereocenters. The first-order valence-corrected chi connectivity index (χ1v) is 10.8. The smallest absolute Gasteiger partial charge is 0.271 e. The molecule has 1 aromatic carbocycles. The molecule has 33 heavy (non-hydrogen) atoms. The van der Waals surface area contributed by atoms with Crippen LogP contribution >= 0.6 is 0 Å². The van der Waals surface area contributed by atoms with Crippen LogP contribution in [-0.4, -0.2) is 66.5 Å². The van der Waals surface area contributed by atoms with Crippen molar-refractivity contribution in [2.45, 2.75) is 25.9 Å². The summed E-state index contributed by atoms with van der Waals surface area (Å²) >= 11 is 0. The topological polar surface area (TPSA) is 98.8 Å². The van der Waals surface area contributed by atoms with Crippen LogP contribution in [0.5, 0.6) is 23.0 Å². The van der Waals surface area contributed by atoms with Crippen molar-refractivity contribution < 1.29 is 23.7 Å². The first kappa shape index (κ1) is 22.4. The highest BCUT2D eigenvalue weighted by Gasteiger charge is 2.26. The van der Waals surface area contributed by atoms with E-state index in [9.17, 15) is 4.79 Å². The largest absolute Gasteiger partial charge is 0.493 e. The lowest BCUT2D eigenvalue weighted by molar-refractivity contribution is 0.0589. The minimum absolute atomic E-state index is 0.0649. The molecule has 0 radical (unpaired) electrons. The second-order valence-corrected chi connectivity index (χ2v) is 7.83. The highest BCUT2D eigenvalue weighted by atomic mass is 16.5. The number of rotatable bonds is 7. The molecule has 0 unspecified atom stereocenters. The zero-order valence-electron chi connectivity index (χ0n) is 19.3. The van der Waals surface area contributed by atoms with E-state index in [-0.39, 0.29) is 12.0 Å². The number of amides is 1. The van der Waals surface area contributed by atoms with Gasteiger partial charge in [-0.2, -0.15) is 5.10 Å². The van der Waals surface area contributed by atoms with Gasteiger partial charge in [-0.15, -0.1) is 0 Å². The third kappa shape index (κ3) is 4.87. The first-order chi connectivity index (χ1) is 16.0. The van der Waals surface area contributed by atoms with Crippen LogP contribution in [0, 0.1) is 6.92 Å². The van der Waals surface area contributed by atoms with Gasteiger partial charge in [0.25, 0.3) is 5.91 Å². The maximum absolute atomic E-state index is 13.0. The van der Waals surface area contributed by atoms with Crippen LogP contribution in [0.2, 0.25) is 0 Å². The van der Waals surface area contributed by atoms with E-state index >= 15 is 0 Å². The summed E-state index contributed by atoms with van der Waals surface area (Å²) in [4.78, 5) is 19.1. The summed E-state index contributed by atoms with van der Waals surface area (Å²) < 4.78 is 22.2. The normalized spacial score (nSPS) is 14.1. The number of H-pyrrole nitrogens is 1. The number of likely N-dealkylation sites (tertiary alicyclic amines) is 1. The molecule has 3 heterocycles. The molecule has 9 heteroatoms. The highest BCUT2D eigenvalue weighted by Crippen LogP contribution is 2.40. The Kier molecular flexibility index (Phi) is 6.67. The second-order valence-electron chi connectivity index (χ2n) is 7.83. The monoisotopic (exact) mass is 452 g/mol. The van der Waals surface area contributed by atoms with Crippen molar-refractivity contribution >= 4 is 5.91 Å². The molecule has 2 aromatic heterocycles. The van der Waals surface area contributed by atoms with Gasteiger partial charge in [0.15, 0.2) is 11.5 Å². The molecule has 0 spiro atoms. The number of carbonyl (C=O) groups excluding carboxylic acids is 1. The van der Waals surface area contributed by atoms with Crippen LogP contribution < -0.4 is 18.9 Å². The van der Waals surface area contributed by atoms with E-state index in [1.807, 2.05) is 24.0 Å². The number of nitrogens with one attached hydrogen (secondary N) is 1. The van der Waals surface area contributed by atoms with Crippen molar-refractivity contribution in [1.82, 2.24) is 20.1 Å². The molecule has 1 N–H and O–H groups in total. The fraction of sp³-hybridized carbons (Fsp3) is 0.375. The molecule has 4 rings (SSSR count). The summed E-state index contributed by atoms with van der Waals surface area (Å²) in [7, 11) is 4.67. The van der Waals surface area contributed by atoms with Crippen molar-refractivity contribution in [3.05, 3.63) is 47.9 Å². The Balaban J connectivity index is 1.42. The van der Waals surface area contributed by atoms with Gasteiger partial charge in [-0.1, -0.05) is 0 Å². The predicted molar refractivity (Wildman–Crippen MR) is 122 cm³/mol. The van der Waals surface area contributed by atoms with Crippen molar-refractivity contribution in [2.75, 3.05) is 34.4 Å². The third-order valence-electron chi connectivity index (χ3n) is 5.68. The van der Waals surface area contributed by atoms with Gasteiger partial charge >= 0.3 is 0 Å². The standard InChI is InChI=1S/C24H28N4O5/c1-15-5-6-18(14-25-15)33-17-7-9-28(10-8-17)24(29)20-13-19(26-27-20)16-11-21(30-2)23(32-4)22(12-16)31-3/h5-6,11-14,17H,7-10H2,1-4H3,(H,26,27). The van der Waals surface area contributed by atoms with Crippen molar-refractivity contribution in [3.8, 4) is 34.3 Å². The van der Waals surface area contributed by atoms with Crippen molar-refractivity contribution in [3.63, 3.8) is 0 Å². The number of benzene rings is 1. The molecular formula is C24H28N4O5. The lowest BCUT2D eigenvalue weighted by Gasteiger charge is -2.31. The van der Waals surface area contributed by atoms with E-state index in [1.54, 1.807) is 45.7 Å². The molecule has 1 aliphatic rings. The van der Waals surface area contributed by atoms with E-state index in [4.69, 9.17) is 18.9 Å². The van der Waals surface area contributed by atoms with Gasteiger partial charge < -0.3 is 23.8 Å². The molecule has 174 valence electrons. The van der Waals surface area contributed by atoms with E-state index in [0.717, 1.165) is 29.8 Å². The quantitative estimate of drug-likeness (QED) is 0.586. The average Bonchev–Trinajstić information content (AvgIpc) is 3.35. The Morgan fingerprint density at radius 1 is 1.03 bits per heavy atom. The molecule has 1 fully saturated rings. The Morgan fingerprint density at radius 2 is 1.73 bits per heavy atom. The number of carbonyl (C=O) groups is 1. The number of ether oxygens (including phenoxy) is 4. The fourth-order valence-corrected chi connectivity index (χ4v) is 3.87. The van der Waals surface area contributed by atoms with Crippen LogP contribution in [-0.2, 0) is 0 Å². The minimum atomic E-state index is -0.0864. The van der Waals surface area contributed by atoms with Crippen LogP contribution in [0.25, 0.3) is 11.3 Å². The maximum atomic E-state index is 13.0. The minimum Gasteiger partial charge on any atom is -0.493 e. The second kappa shape index (κ2) is 9.81. The fourth-order valence-electron chi connectivity index (χ4n) is 3.87. The zero-order valence-corrected chi connectivity index (χ0v) is 19.3. The molecule has 0 aliphatic carbocycles. The summed E-state index contributed by atoms with van der Waals surface area (Å²) in [5, 5.41) is 7.20. The first-order valence-electron chi connectivity index (χ1n) is 10.8. The molecule has 9 nitrogen and oxygen atoms in total. The number of aromatic nitrogens is 3. The van der Waals surface area contributed by atoms with E-state index in [1.165, 1.54) is 0 Å². The van der Waals surface area contributed by atoms with Crippen LogP contribution in [0.15, 0.2) is 36.5 Å². The van der Waals surface area contributed by atoms with Crippen molar-refractivity contribution in [1.29, 1.82) is 0 Å². The van der Waals surface area contributed by atoms with E-state index in [0.29, 0.717) is 41.7 Å². The van der Waals surface area contributed by atoms with Gasteiger partial charge in [0.05, 0.1) is 33.2 Å². The SMILES string of the molecule is COc1cc(-c2cc(C(=O)N3CCC(Oc4ccc(C)nc4)CC3)[nH]n2)cc(OC)c1OC. The molecule has 3 aromatic rings. The van der Waals surface area contributed by atoms with Gasteiger partial charge in [-0.25, -0.2) is 0 Å². The molecule has 0 bridgehead atoms. The Bertz CT molecular complexity index is 1080. The summed E-state index contributed by atoms with van der Waals surface area (Å²) in [6.45, 7) is 3.17. The summed E-state index contributed by atoms with van der Waals surface area (Å²) in [6, 6.07) is 9.19. The van der Waals surface area contributed by atoms with Crippen LogP contribution in [0.4, 0.5) is 0 Å². The third-order valence-corrected chi connectivity index (χ3v) is 5.68. The lowest BCUT2D eigenvalue weighted by Crippen LogP contribution is -2.41. The maximum Gasteiger partial charge on any atom is 0.271 e. The molecule has 1 aliphatic heterocycles. The van der Waals surface area contributed by atoms with Gasteiger partial charge in [-0.05, 0) is 37.3 Å². The molecule has 0 saturated carbocycles. The number of aromatic amines is 1. The number of piperidine rings is 1. The van der Waals surface area contributed by atoms with Crippen LogP contribution in [0.3, 0.4) is 0 Å². The molecule has 1 saturated heterocycles. The number of hydrogen-bond donors (Lipinski definition) is 1. The van der Waals surface area contributed by atoms with E-state index < -0.39 is 0 Å². The van der Waals surface area contributed by atoms with Gasteiger partial charge in [-0.3, -0.25) is 14.9 Å². The Morgan fingerprint density at radius 3 is 2.30 bits per heavy atom. The van der Waals surface area contributed by atoms with Gasteiger partial charge in [0, 0.05) is 37.2 Å². The molecule has 1 amide bonds. The molecular weight excluding hydrogens is 424 g/mol. The number of pyridine rings is 1. The zero-order chi connectivity index (χ0) is 23.4. The number of methoxy groups -OCH3 is 3. The number of hydrogen-bond acceptors (Lipinski definition) is 7. The summed E-state index contributed by atoms with van der Waals surface area (Å²) in [6.07, 6.45) is 3.32. The number of nitrogens with zero attached hydrogens (tertiary/aromatic N) is 3. The predicted octanol–water partition coefficient (Wildman–Crippen LogP) is 3.49. The van der Waals surface area contributed by atoms with E-state index in [2.05, 4.69) is 15.2 Å².